The highest BCUT2D eigenvalue weighted by Gasteiger charge is 1.92. The van der Waals surface area contributed by atoms with Crippen LogP contribution in [0.1, 0.15) is 77.6 Å². The third kappa shape index (κ3) is 18.9. The lowest BCUT2D eigenvalue weighted by Gasteiger charge is -2.02. The van der Waals surface area contributed by atoms with Crippen molar-refractivity contribution in [2.24, 2.45) is 0 Å². The van der Waals surface area contributed by atoms with Gasteiger partial charge in [-0.2, -0.15) is 0 Å². The van der Waals surface area contributed by atoms with Crippen LogP contribution in [0.4, 0.5) is 0 Å². The van der Waals surface area contributed by atoms with E-state index in [2.05, 4.69) is 12.7 Å². The molecular formula is C18H32O3. The molecule has 0 rings (SSSR count). The lowest BCUT2D eigenvalue weighted by molar-refractivity contribution is -0.136. The normalized spacial score (nSPS) is 10.1. The van der Waals surface area contributed by atoms with E-state index in [9.17, 15) is 4.79 Å². The molecule has 21 heavy (non-hydrogen) atoms. The first kappa shape index (κ1) is 19.9. The molecular weight excluding hydrogens is 264 g/mol. The minimum Gasteiger partial charge on any atom is -0.481 e. The summed E-state index contributed by atoms with van der Waals surface area (Å²) in [6, 6.07) is 0. The van der Waals surface area contributed by atoms with Crippen LogP contribution in [0.2, 0.25) is 0 Å². The van der Waals surface area contributed by atoms with Crippen molar-refractivity contribution in [2.45, 2.75) is 77.6 Å². The predicted octanol–water partition coefficient (Wildman–Crippen LogP) is 5.11. The first-order chi connectivity index (χ1) is 10.3. The first-order valence-electron chi connectivity index (χ1n) is 8.46. The topological polar surface area (TPSA) is 46.5 Å². The maximum Gasteiger partial charge on any atom is 0.303 e. The van der Waals surface area contributed by atoms with E-state index in [1.54, 1.807) is 6.08 Å². The molecule has 3 nitrogen and oxygen atoms in total. The minimum atomic E-state index is -0.769. The van der Waals surface area contributed by atoms with Gasteiger partial charge in [-0.15, -0.1) is 5.73 Å². The smallest absolute Gasteiger partial charge is 0.303 e. The summed E-state index contributed by atoms with van der Waals surface area (Å²) in [5.74, 6) is -0.769. The molecule has 0 aromatic carbocycles. The number of carbonyl (C=O) groups is 1. The molecule has 0 unspecified atom stereocenters. The molecule has 0 heterocycles. The Bertz CT molecular complexity index is 291. The second-order valence-corrected chi connectivity index (χ2v) is 5.41. The number of carboxylic acids is 1. The van der Waals surface area contributed by atoms with Crippen LogP contribution >= 0.6 is 0 Å². The highest BCUT2D eigenvalue weighted by Crippen LogP contribution is 2.09. The number of unbranched alkanes of at least 4 members (excludes halogenated alkanes) is 8. The molecule has 0 aliphatic rings. The van der Waals surface area contributed by atoms with E-state index in [0.717, 1.165) is 13.0 Å². The Morgan fingerprint density at radius 3 is 2.24 bits per heavy atom. The molecule has 0 radical (unpaired) electrons. The van der Waals surface area contributed by atoms with Crippen molar-refractivity contribution < 1.29 is 14.6 Å². The van der Waals surface area contributed by atoms with E-state index in [1.165, 1.54) is 51.4 Å². The molecule has 0 aliphatic heterocycles. The molecule has 0 amide bonds. The van der Waals surface area contributed by atoms with Crippen molar-refractivity contribution >= 4 is 5.97 Å². The second kappa shape index (κ2) is 17.0. The van der Waals surface area contributed by atoms with Gasteiger partial charge in [0, 0.05) is 13.0 Å². The van der Waals surface area contributed by atoms with Crippen molar-refractivity contribution in [3.8, 4) is 0 Å². The number of hydrogen-bond donors (Lipinski definition) is 1. The molecule has 0 aromatic heterocycles. The number of ether oxygens (including phenoxy) is 1. The van der Waals surface area contributed by atoms with Gasteiger partial charge in [-0.3, -0.25) is 4.79 Å². The van der Waals surface area contributed by atoms with E-state index in [0.29, 0.717) is 13.0 Å². The van der Waals surface area contributed by atoms with Gasteiger partial charge in [0.25, 0.3) is 0 Å². The van der Waals surface area contributed by atoms with Crippen LogP contribution in [0, 0.1) is 0 Å². The lowest BCUT2D eigenvalue weighted by Crippen LogP contribution is -1.94. The molecule has 0 fully saturated rings. The summed E-state index contributed by atoms with van der Waals surface area (Å²) in [6.07, 6.45) is 16.2. The molecule has 0 aliphatic carbocycles. The van der Waals surface area contributed by atoms with E-state index in [-0.39, 0.29) is 6.42 Å². The van der Waals surface area contributed by atoms with Crippen LogP contribution in [0.3, 0.4) is 0 Å². The van der Waals surface area contributed by atoms with E-state index in [4.69, 9.17) is 9.84 Å². The SMILES string of the molecule is CCCCCCCCCCCOCC=C=CCCC(=O)O. The Labute approximate surface area is 130 Å². The molecule has 1 N–H and O–H groups in total. The Morgan fingerprint density at radius 2 is 1.62 bits per heavy atom. The zero-order chi connectivity index (χ0) is 15.6. The van der Waals surface area contributed by atoms with Crippen LogP contribution in [-0.4, -0.2) is 24.3 Å². The second-order valence-electron chi connectivity index (χ2n) is 5.41. The maximum atomic E-state index is 10.3. The number of hydrogen-bond acceptors (Lipinski definition) is 2. The van der Waals surface area contributed by atoms with E-state index >= 15 is 0 Å². The summed E-state index contributed by atoms with van der Waals surface area (Å²) in [7, 11) is 0. The van der Waals surface area contributed by atoms with Gasteiger partial charge in [-0.1, -0.05) is 58.3 Å². The van der Waals surface area contributed by atoms with Crippen LogP contribution in [0.15, 0.2) is 17.9 Å². The molecule has 0 aromatic rings. The van der Waals surface area contributed by atoms with Crippen LogP contribution in [-0.2, 0) is 9.53 Å². The summed E-state index contributed by atoms with van der Waals surface area (Å²) in [5.41, 5.74) is 2.94. The Kier molecular flexibility index (Phi) is 16.2. The van der Waals surface area contributed by atoms with Gasteiger partial charge in [-0.05, 0) is 25.0 Å². The molecule has 0 spiro atoms. The fraction of sp³-hybridized carbons (Fsp3) is 0.778. The molecule has 0 bridgehead atoms. The van der Waals surface area contributed by atoms with E-state index < -0.39 is 5.97 Å². The fourth-order valence-corrected chi connectivity index (χ4v) is 2.07. The van der Waals surface area contributed by atoms with Crippen molar-refractivity contribution in [1.29, 1.82) is 0 Å². The zero-order valence-corrected chi connectivity index (χ0v) is 13.6. The average Bonchev–Trinajstić information content (AvgIpc) is 2.46. The fourth-order valence-electron chi connectivity index (χ4n) is 2.07. The Hall–Kier alpha value is -1.05. The number of carboxylic acid groups (broad SMARTS) is 1. The monoisotopic (exact) mass is 296 g/mol. The van der Waals surface area contributed by atoms with Gasteiger partial charge < -0.3 is 9.84 Å². The van der Waals surface area contributed by atoms with Crippen LogP contribution < -0.4 is 0 Å². The zero-order valence-electron chi connectivity index (χ0n) is 13.6. The maximum absolute atomic E-state index is 10.3. The summed E-state index contributed by atoms with van der Waals surface area (Å²) in [4.78, 5) is 10.3. The summed E-state index contributed by atoms with van der Waals surface area (Å²) in [5, 5.41) is 8.45. The van der Waals surface area contributed by atoms with Gasteiger partial charge in [0.1, 0.15) is 0 Å². The van der Waals surface area contributed by atoms with Crippen molar-refractivity contribution in [3.05, 3.63) is 17.9 Å². The van der Waals surface area contributed by atoms with Gasteiger partial charge in [0.05, 0.1) is 6.61 Å². The predicted molar refractivity (Wildman–Crippen MR) is 87.6 cm³/mol. The average molecular weight is 296 g/mol. The molecule has 0 atom stereocenters. The quantitative estimate of drug-likeness (QED) is 0.337. The summed E-state index contributed by atoms with van der Waals surface area (Å²) >= 11 is 0. The van der Waals surface area contributed by atoms with Crippen molar-refractivity contribution in [1.82, 2.24) is 0 Å². The Balaban J connectivity index is 3.15. The lowest BCUT2D eigenvalue weighted by atomic mass is 10.1. The Morgan fingerprint density at radius 1 is 1.00 bits per heavy atom. The summed E-state index contributed by atoms with van der Waals surface area (Å²) < 4.78 is 5.47. The number of rotatable bonds is 15. The van der Waals surface area contributed by atoms with Gasteiger partial charge in [0.2, 0.25) is 0 Å². The highest BCUT2D eigenvalue weighted by atomic mass is 16.5. The third-order valence-corrected chi connectivity index (χ3v) is 3.33. The largest absolute Gasteiger partial charge is 0.481 e. The first-order valence-corrected chi connectivity index (χ1v) is 8.46. The van der Waals surface area contributed by atoms with Crippen LogP contribution in [0.25, 0.3) is 0 Å². The van der Waals surface area contributed by atoms with Gasteiger partial charge in [-0.25, -0.2) is 0 Å². The third-order valence-electron chi connectivity index (χ3n) is 3.33. The van der Waals surface area contributed by atoms with Gasteiger partial charge >= 0.3 is 5.97 Å². The van der Waals surface area contributed by atoms with Crippen LogP contribution in [0.5, 0.6) is 0 Å². The highest BCUT2D eigenvalue weighted by molar-refractivity contribution is 5.66. The molecule has 0 saturated carbocycles. The minimum absolute atomic E-state index is 0.167. The summed E-state index contributed by atoms with van der Waals surface area (Å²) in [6.45, 7) is 3.63. The molecule has 122 valence electrons. The van der Waals surface area contributed by atoms with Crippen molar-refractivity contribution in [2.75, 3.05) is 13.2 Å². The molecule has 3 heteroatoms. The number of aliphatic carboxylic acids is 1. The van der Waals surface area contributed by atoms with Crippen molar-refractivity contribution in [3.63, 3.8) is 0 Å². The standard InChI is InChI=1S/C18H32O3/c1-2-3-4-5-6-7-8-10-13-16-21-17-14-11-9-12-15-18(19)20/h9,14H,2-8,10,12-13,15-17H2,1H3,(H,19,20). The molecule has 0 saturated heterocycles. The van der Waals surface area contributed by atoms with E-state index in [1.807, 2.05) is 6.08 Å². The van der Waals surface area contributed by atoms with Gasteiger partial charge in [0.15, 0.2) is 0 Å².